The van der Waals surface area contributed by atoms with Crippen LogP contribution in [0.5, 0.6) is 5.75 Å². The van der Waals surface area contributed by atoms with E-state index < -0.39 is 41.1 Å². The standard InChI is InChI=1S/C28H35N3O5/c1-8-31(23(20-12-10-9-11-13-20)24(33)30-27(2,3)4)25(34)22(29-26(35)36-28(5,6)7)18-19-14-16-21(32)17-15-19/h1,9-17,22-23,32H,18H2,2-7H3,(H,29,35)(H,30,33). The lowest BCUT2D eigenvalue weighted by atomic mass is 9.99. The Morgan fingerprint density at radius 2 is 1.58 bits per heavy atom. The highest BCUT2D eigenvalue weighted by molar-refractivity contribution is 5.93. The fourth-order valence-corrected chi connectivity index (χ4v) is 3.44. The van der Waals surface area contributed by atoms with E-state index in [1.54, 1.807) is 63.2 Å². The number of alkyl carbamates (subject to hydrolysis) is 1. The molecule has 0 heterocycles. The molecule has 0 aliphatic heterocycles. The van der Waals surface area contributed by atoms with Gasteiger partial charge in [-0.3, -0.25) is 14.5 Å². The van der Waals surface area contributed by atoms with Crippen molar-refractivity contribution >= 4 is 17.9 Å². The number of terminal acetylenes is 1. The molecule has 8 nitrogen and oxygen atoms in total. The molecule has 3 N–H and O–H groups in total. The Labute approximate surface area is 213 Å². The van der Waals surface area contributed by atoms with Gasteiger partial charge >= 0.3 is 6.09 Å². The van der Waals surface area contributed by atoms with E-state index >= 15 is 0 Å². The monoisotopic (exact) mass is 493 g/mol. The van der Waals surface area contributed by atoms with Crippen molar-refractivity contribution in [3.05, 3.63) is 65.7 Å². The molecular weight excluding hydrogens is 458 g/mol. The Balaban J connectivity index is 2.47. The number of nitrogens with one attached hydrogen (secondary N) is 2. The summed E-state index contributed by atoms with van der Waals surface area (Å²) in [7, 11) is 0. The van der Waals surface area contributed by atoms with Crippen LogP contribution in [0.3, 0.4) is 0 Å². The molecule has 0 saturated heterocycles. The van der Waals surface area contributed by atoms with Crippen LogP contribution in [0.2, 0.25) is 0 Å². The quantitative estimate of drug-likeness (QED) is 0.401. The van der Waals surface area contributed by atoms with Crippen LogP contribution in [-0.4, -0.2) is 45.1 Å². The van der Waals surface area contributed by atoms with Crippen LogP contribution in [0.1, 0.15) is 58.7 Å². The second kappa shape index (κ2) is 11.6. The first kappa shape index (κ1) is 28.2. The summed E-state index contributed by atoms with van der Waals surface area (Å²) in [5.41, 5.74) is -0.185. The molecule has 2 rings (SSSR count). The summed E-state index contributed by atoms with van der Waals surface area (Å²) < 4.78 is 5.36. The van der Waals surface area contributed by atoms with Gasteiger partial charge in [0.15, 0.2) is 0 Å². The maximum Gasteiger partial charge on any atom is 0.408 e. The molecule has 0 aromatic heterocycles. The Bertz CT molecular complexity index is 1090. The number of benzene rings is 2. The van der Waals surface area contributed by atoms with Crippen LogP contribution < -0.4 is 10.6 Å². The predicted molar refractivity (Wildman–Crippen MR) is 138 cm³/mol. The average molecular weight is 494 g/mol. The van der Waals surface area contributed by atoms with Gasteiger partial charge in [-0.15, -0.1) is 0 Å². The van der Waals surface area contributed by atoms with Crippen molar-refractivity contribution in [2.24, 2.45) is 0 Å². The number of rotatable bonds is 7. The number of hydrogen-bond donors (Lipinski definition) is 3. The average Bonchev–Trinajstić information content (AvgIpc) is 2.76. The number of phenols is 1. The highest BCUT2D eigenvalue weighted by Gasteiger charge is 2.37. The van der Waals surface area contributed by atoms with E-state index in [2.05, 4.69) is 16.7 Å². The number of nitrogens with zero attached hydrogens (tertiary/aromatic N) is 1. The summed E-state index contributed by atoms with van der Waals surface area (Å²) in [6.07, 6.45) is 5.05. The molecule has 192 valence electrons. The van der Waals surface area contributed by atoms with E-state index in [0.29, 0.717) is 11.1 Å². The first-order valence-electron chi connectivity index (χ1n) is 11.6. The minimum Gasteiger partial charge on any atom is -0.508 e. The molecule has 8 heteroatoms. The minimum absolute atomic E-state index is 0.0545. The smallest absolute Gasteiger partial charge is 0.408 e. The molecule has 0 bridgehead atoms. The molecule has 2 unspecified atom stereocenters. The van der Waals surface area contributed by atoms with Crippen LogP contribution in [-0.2, 0) is 20.7 Å². The highest BCUT2D eigenvalue weighted by atomic mass is 16.6. The second-order valence-corrected chi connectivity index (χ2v) is 10.5. The Kier molecular flexibility index (Phi) is 9.12. The van der Waals surface area contributed by atoms with Gasteiger partial charge in [0.1, 0.15) is 23.4 Å². The lowest BCUT2D eigenvalue weighted by Crippen LogP contribution is -2.53. The van der Waals surface area contributed by atoms with Crippen molar-refractivity contribution in [2.45, 2.75) is 71.2 Å². The topological polar surface area (TPSA) is 108 Å². The summed E-state index contributed by atoms with van der Waals surface area (Å²) >= 11 is 0. The van der Waals surface area contributed by atoms with Gasteiger partial charge in [0.2, 0.25) is 5.91 Å². The number of aromatic hydroxyl groups is 1. The Morgan fingerprint density at radius 3 is 2.08 bits per heavy atom. The minimum atomic E-state index is -1.14. The lowest BCUT2D eigenvalue weighted by molar-refractivity contribution is -0.139. The van der Waals surface area contributed by atoms with Gasteiger partial charge in [0.25, 0.3) is 5.91 Å². The number of carbonyl (C=O) groups is 3. The molecule has 2 aromatic carbocycles. The van der Waals surface area contributed by atoms with Crippen molar-refractivity contribution < 1.29 is 24.2 Å². The molecule has 3 amide bonds. The molecule has 0 aliphatic rings. The van der Waals surface area contributed by atoms with Crippen LogP contribution in [0.4, 0.5) is 4.79 Å². The van der Waals surface area contributed by atoms with Crippen LogP contribution in [0.25, 0.3) is 0 Å². The SMILES string of the molecule is C#CN(C(=O)C(Cc1ccc(O)cc1)NC(=O)OC(C)(C)C)C(C(=O)NC(C)(C)C)c1ccccc1. The zero-order chi connectivity index (χ0) is 27.1. The summed E-state index contributed by atoms with van der Waals surface area (Å²) in [5.74, 6) is -1.05. The van der Waals surface area contributed by atoms with E-state index in [4.69, 9.17) is 11.2 Å². The van der Waals surface area contributed by atoms with Crippen molar-refractivity contribution in [2.75, 3.05) is 0 Å². The number of hydrogen-bond acceptors (Lipinski definition) is 5. The summed E-state index contributed by atoms with van der Waals surface area (Å²) in [6.45, 7) is 10.6. The molecule has 36 heavy (non-hydrogen) atoms. The first-order valence-corrected chi connectivity index (χ1v) is 11.6. The van der Waals surface area contributed by atoms with Gasteiger partial charge in [0.05, 0.1) is 0 Å². The van der Waals surface area contributed by atoms with Gasteiger partial charge in [-0.2, -0.15) is 0 Å². The van der Waals surface area contributed by atoms with Crippen molar-refractivity contribution in [3.63, 3.8) is 0 Å². The molecule has 0 fully saturated rings. The van der Waals surface area contributed by atoms with Crippen LogP contribution in [0.15, 0.2) is 54.6 Å². The Hall–Kier alpha value is -3.99. The van der Waals surface area contributed by atoms with E-state index in [1.807, 2.05) is 20.8 Å². The van der Waals surface area contributed by atoms with E-state index in [1.165, 1.54) is 12.1 Å². The normalized spacial score (nSPS) is 13.0. The van der Waals surface area contributed by atoms with Crippen LogP contribution >= 0.6 is 0 Å². The maximum atomic E-state index is 13.8. The molecule has 0 radical (unpaired) electrons. The molecule has 2 atom stereocenters. The third kappa shape index (κ3) is 8.66. The number of ether oxygens (including phenoxy) is 1. The van der Waals surface area contributed by atoms with Crippen molar-refractivity contribution in [1.82, 2.24) is 15.5 Å². The zero-order valence-corrected chi connectivity index (χ0v) is 21.7. The number of carbonyl (C=O) groups excluding carboxylic acids is 3. The Morgan fingerprint density at radius 1 is 1.00 bits per heavy atom. The highest BCUT2D eigenvalue weighted by Crippen LogP contribution is 2.24. The number of amides is 3. The second-order valence-electron chi connectivity index (χ2n) is 10.5. The summed E-state index contributed by atoms with van der Waals surface area (Å²) in [5, 5.41) is 15.1. The van der Waals surface area contributed by atoms with Gasteiger partial charge in [-0.1, -0.05) is 48.9 Å². The molecule has 2 aromatic rings. The molecular formula is C28H35N3O5. The van der Waals surface area contributed by atoms with Crippen molar-refractivity contribution in [1.29, 1.82) is 0 Å². The molecule has 0 aliphatic carbocycles. The summed E-state index contributed by atoms with van der Waals surface area (Å²) in [6, 6.07) is 15.0. The van der Waals surface area contributed by atoms with Gasteiger partial charge < -0.3 is 20.5 Å². The third-order valence-corrected chi connectivity index (χ3v) is 4.86. The third-order valence-electron chi connectivity index (χ3n) is 4.86. The van der Waals surface area contributed by atoms with Gasteiger partial charge in [-0.25, -0.2) is 4.79 Å². The lowest BCUT2D eigenvalue weighted by Gasteiger charge is -2.32. The van der Waals surface area contributed by atoms with Crippen molar-refractivity contribution in [3.8, 4) is 18.2 Å². The number of phenolic OH excluding ortho intramolecular Hbond substituents is 1. The molecule has 0 saturated carbocycles. The molecule has 0 spiro atoms. The van der Waals surface area contributed by atoms with Gasteiger partial charge in [0, 0.05) is 18.0 Å². The van der Waals surface area contributed by atoms with E-state index in [-0.39, 0.29) is 12.2 Å². The first-order chi connectivity index (χ1) is 16.7. The summed E-state index contributed by atoms with van der Waals surface area (Å²) in [4.78, 5) is 40.8. The van der Waals surface area contributed by atoms with Gasteiger partial charge in [-0.05, 0) is 64.8 Å². The predicted octanol–water partition coefficient (Wildman–Crippen LogP) is 3.90. The maximum absolute atomic E-state index is 13.8. The fourth-order valence-electron chi connectivity index (χ4n) is 3.44. The fraction of sp³-hybridized carbons (Fsp3) is 0.393. The van der Waals surface area contributed by atoms with E-state index in [9.17, 15) is 19.5 Å². The van der Waals surface area contributed by atoms with E-state index in [0.717, 1.165) is 4.90 Å². The zero-order valence-electron chi connectivity index (χ0n) is 21.7. The largest absolute Gasteiger partial charge is 0.508 e. The van der Waals surface area contributed by atoms with Crippen LogP contribution in [0, 0.1) is 12.5 Å².